The molecule has 0 aliphatic carbocycles. The Hall–Kier alpha value is -5.82. The monoisotopic (exact) mass is 833 g/mol. The summed E-state index contributed by atoms with van der Waals surface area (Å²) in [5.41, 5.74) is 4.75. The largest absolute Gasteiger partial charge is 0.453 e. The van der Waals surface area contributed by atoms with E-state index >= 15 is 0 Å². The van der Waals surface area contributed by atoms with Gasteiger partial charge in [0.15, 0.2) is 0 Å². The first kappa shape index (κ1) is 46.2. The average molecular weight is 834 g/mol. The quantitative estimate of drug-likeness (QED) is 0.0876. The van der Waals surface area contributed by atoms with E-state index in [2.05, 4.69) is 31.2 Å². The molecule has 0 radical (unpaired) electrons. The second kappa shape index (κ2) is 20.2. The predicted molar refractivity (Wildman–Crippen MR) is 236 cm³/mol. The van der Waals surface area contributed by atoms with Crippen LogP contribution in [0.5, 0.6) is 0 Å². The van der Waals surface area contributed by atoms with Crippen LogP contribution in [0.25, 0.3) is 11.3 Å². The number of aryl methyl sites for hydroxylation is 2. The number of carbonyl (C=O) groups excluding carboxylic acids is 4. The lowest BCUT2D eigenvalue weighted by molar-refractivity contribution is -0.132. The van der Waals surface area contributed by atoms with Crippen molar-refractivity contribution in [3.8, 4) is 11.3 Å². The summed E-state index contributed by atoms with van der Waals surface area (Å²) in [4.78, 5) is 65.5. The third-order valence-electron chi connectivity index (χ3n) is 11.2. The van der Waals surface area contributed by atoms with Crippen molar-refractivity contribution in [2.75, 3.05) is 13.7 Å². The van der Waals surface area contributed by atoms with Crippen molar-refractivity contribution in [2.24, 2.45) is 16.7 Å². The van der Waals surface area contributed by atoms with Crippen LogP contribution in [0.3, 0.4) is 0 Å². The molecule has 4 aromatic rings. The van der Waals surface area contributed by atoms with E-state index < -0.39 is 59.0 Å². The summed E-state index contributed by atoms with van der Waals surface area (Å²) in [5, 5.41) is 24.3. The number of nitrogens with one attached hydrogen (secondary N) is 4. The zero-order valence-corrected chi connectivity index (χ0v) is 37.0. The molecule has 5 rings (SSSR count). The number of alkyl carbamates (subject to hydrolysis) is 1. The normalized spacial score (nSPS) is 16.7. The van der Waals surface area contributed by atoms with Gasteiger partial charge < -0.3 is 36.0 Å². The van der Waals surface area contributed by atoms with Crippen molar-refractivity contribution in [2.45, 2.75) is 111 Å². The number of hydrogen-bond acceptors (Lipinski definition) is 8. The van der Waals surface area contributed by atoms with Crippen LogP contribution in [0, 0.1) is 30.6 Å². The number of nitrogens with zero attached hydrogens (tertiary/aromatic N) is 3. The lowest BCUT2D eigenvalue weighted by Gasteiger charge is -2.39. The Kier molecular flexibility index (Phi) is 15.3. The van der Waals surface area contributed by atoms with Gasteiger partial charge in [0, 0.05) is 29.5 Å². The van der Waals surface area contributed by atoms with Crippen LogP contribution >= 0.6 is 0 Å². The second-order valence-electron chi connectivity index (χ2n) is 18.3. The number of ether oxygens (including phenoxy) is 1. The lowest BCUT2D eigenvalue weighted by Crippen LogP contribution is -2.58. The molecule has 5 N–H and O–H groups in total. The van der Waals surface area contributed by atoms with Gasteiger partial charge in [-0.05, 0) is 79.3 Å². The molecule has 0 spiro atoms. The van der Waals surface area contributed by atoms with Crippen LogP contribution in [0.1, 0.15) is 76.2 Å². The van der Waals surface area contributed by atoms with Gasteiger partial charge in [-0.2, -0.15) is 0 Å². The molecule has 1 saturated heterocycles. The Balaban J connectivity index is 1.45. The minimum absolute atomic E-state index is 0.0805. The van der Waals surface area contributed by atoms with Gasteiger partial charge in [-0.3, -0.25) is 19.6 Å². The molecule has 0 bridgehead atoms. The predicted octanol–water partition coefficient (Wildman–Crippen LogP) is 6.29. The maximum Gasteiger partial charge on any atom is 0.407 e. The smallest absolute Gasteiger partial charge is 0.407 e. The number of aliphatic hydroxyl groups is 1. The molecular formula is C48H63N7O6. The van der Waals surface area contributed by atoms with Crippen molar-refractivity contribution < 1.29 is 29.0 Å². The van der Waals surface area contributed by atoms with Gasteiger partial charge in [0.25, 0.3) is 0 Å². The number of benzene rings is 2. The molecular weight excluding hydrogens is 771 g/mol. The highest BCUT2D eigenvalue weighted by Gasteiger charge is 2.46. The molecule has 1 unspecified atom stereocenters. The molecule has 0 saturated carbocycles. The van der Waals surface area contributed by atoms with Gasteiger partial charge >= 0.3 is 12.1 Å². The van der Waals surface area contributed by atoms with Crippen molar-refractivity contribution in [1.82, 2.24) is 36.1 Å². The van der Waals surface area contributed by atoms with E-state index in [0.29, 0.717) is 6.42 Å². The first-order valence-corrected chi connectivity index (χ1v) is 21.0. The first-order valence-electron chi connectivity index (χ1n) is 21.0. The van der Waals surface area contributed by atoms with E-state index in [0.717, 1.165) is 39.5 Å². The number of methoxy groups -OCH3 is 1. The Bertz CT molecular complexity index is 2120. The standard InChI is InChI=1S/C48H63N7O6/c1-30-15-13-19-35(50-30)29-55-39(28-49-45(55)59)41(47(3,4)5)43(57)52-36(25-32-17-11-10-12-18-32)27-40(56)38(53-44(58)42(48(6,7)8)54-46(60)61-9)26-33-21-23-34(24-22-33)37-20-14-16-31(2)51-37/h10-24,36,38-42,56H,25-29H2,1-9H3,(H,49,59)(H,52,57)(H,53,58)(H,54,60)/t36-,38-,39?,40-,41-,42+/m0/s1. The van der Waals surface area contributed by atoms with Crippen molar-refractivity contribution in [3.05, 3.63) is 119 Å². The van der Waals surface area contributed by atoms with Crippen LogP contribution < -0.4 is 21.3 Å². The summed E-state index contributed by atoms with van der Waals surface area (Å²) in [5.74, 6) is -1.37. The number of rotatable bonds is 16. The fraction of sp³-hybridized carbons (Fsp3) is 0.458. The minimum Gasteiger partial charge on any atom is -0.453 e. The first-order chi connectivity index (χ1) is 28.8. The Labute approximate surface area is 360 Å². The van der Waals surface area contributed by atoms with E-state index in [1.165, 1.54) is 7.11 Å². The van der Waals surface area contributed by atoms with Gasteiger partial charge in [0.1, 0.15) is 6.04 Å². The van der Waals surface area contributed by atoms with Crippen LogP contribution in [0.15, 0.2) is 91.0 Å². The lowest BCUT2D eigenvalue weighted by atomic mass is 9.75. The zero-order valence-electron chi connectivity index (χ0n) is 37.0. The van der Waals surface area contributed by atoms with Gasteiger partial charge in [0.2, 0.25) is 11.8 Å². The van der Waals surface area contributed by atoms with Gasteiger partial charge in [-0.15, -0.1) is 0 Å². The fourth-order valence-corrected chi connectivity index (χ4v) is 8.06. The Morgan fingerprint density at radius 3 is 2.03 bits per heavy atom. The number of pyridine rings is 2. The molecule has 6 atom stereocenters. The summed E-state index contributed by atoms with van der Waals surface area (Å²) in [6.07, 6.45) is -1.18. The summed E-state index contributed by atoms with van der Waals surface area (Å²) < 4.78 is 4.85. The molecule has 3 heterocycles. The highest BCUT2D eigenvalue weighted by atomic mass is 16.5. The number of urea groups is 1. The average Bonchev–Trinajstić information content (AvgIpc) is 3.53. The number of aliphatic hydroxyl groups excluding tert-OH is 1. The van der Waals surface area contributed by atoms with Gasteiger partial charge in [0.05, 0.1) is 49.1 Å². The highest BCUT2D eigenvalue weighted by Crippen LogP contribution is 2.34. The van der Waals surface area contributed by atoms with Gasteiger partial charge in [-0.1, -0.05) is 108 Å². The van der Waals surface area contributed by atoms with E-state index in [4.69, 9.17) is 4.74 Å². The molecule has 326 valence electrons. The van der Waals surface area contributed by atoms with E-state index in [9.17, 15) is 24.3 Å². The third kappa shape index (κ3) is 12.8. The molecule has 61 heavy (non-hydrogen) atoms. The molecule has 5 amide bonds. The molecule has 2 aromatic heterocycles. The summed E-state index contributed by atoms with van der Waals surface area (Å²) in [7, 11) is 1.24. The van der Waals surface area contributed by atoms with E-state index in [1.807, 2.05) is 146 Å². The molecule has 1 aliphatic rings. The van der Waals surface area contributed by atoms with Crippen LogP contribution in [-0.4, -0.2) is 87.8 Å². The summed E-state index contributed by atoms with van der Waals surface area (Å²) >= 11 is 0. The molecule has 1 fully saturated rings. The minimum atomic E-state index is -1.15. The number of hydrogen-bond donors (Lipinski definition) is 5. The van der Waals surface area contributed by atoms with Crippen molar-refractivity contribution in [1.29, 1.82) is 0 Å². The third-order valence-corrected chi connectivity index (χ3v) is 11.2. The van der Waals surface area contributed by atoms with Gasteiger partial charge in [-0.25, -0.2) is 9.59 Å². The van der Waals surface area contributed by atoms with E-state index in [1.54, 1.807) is 4.90 Å². The van der Waals surface area contributed by atoms with Crippen LogP contribution in [0.4, 0.5) is 9.59 Å². The summed E-state index contributed by atoms with van der Waals surface area (Å²) in [6, 6.07) is 25.9. The number of aromatic nitrogens is 2. The molecule has 2 aromatic carbocycles. The maximum absolute atomic E-state index is 14.8. The molecule has 13 nitrogen and oxygen atoms in total. The second-order valence-corrected chi connectivity index (χ2v) is 18.3. The van der Waals surface area contributed by atoms with Crippen LogP contribution in [0.2, 0.25) is 0 Å². The number of carbonyl (C=O) groups is 4. The number of amides is 5. The van der Waals surface area contributed by atoms with E-state index in [-0.39, 0.29) is 37.9 Å². The molecule has 13 heteroatoms. The van der Waals surface area contributed by atoms with Crippen molar-refractivity contribution in [3.63, 3.8) is 0 Å². The zero-order chi connectivity index (χ0) is 44.5. The topological polar surface area (TPSA) is 175 Å². The Morgan fingerprint density at radius 1 is 0.787 bits per heavy atom. The SMILES string of the molecule is COC(=O)N[C@H](C(=O)N[C@@H](Cc1ccc(-c2cccc(C)n2)cc1)[C@@H](O)C[C@H](Cc1ccccc1)NC(=O)[C@H](C1CNC(=O)N1Cc1cccc(C)n1)C(C)(C)C)C(C)(C)C. The fourth-order valence-electron chi connectivity index (χ4n) is 8.06. The molecule has 1 aliphatic heterocycles. The maximum atomic E-state index is 14.8. The summed E-state index contributed by atoms with van der Waals surface area (Å²) in [6.45, 7) is 15.8. The van der Waals surface area contributed by atoms with Crippen molar-refractivity contribution >= 4 is 23.9 Å². The van der Waals surface area contributed by atoms with Crippen LogP contribution in [-0.2, 0) is 33.7 Å². The Morgan fingerprint density at radius 2 is 1.43 bits per heavy atom. The highest BCUT2D eigenvalue weighted by molar-refractivity contribution is 5.87.